The van der Waals surface area contributed by atoms with E-state index in [-0.39, 0.29) is 0 Å². The van der Waals surface area contributed by atoms with Crippen LogP contribution in [-0.2, 0) is 13.1 Å². The quantitative estimate of drug-likeness (QED) is 0.252. The summed E-state index contributed by atoms with van der Waals surface area (Å²) in [4.78, 5) is 5.39. The summed E-state index contributed by atoms with van der Waals surface area (Å²) < 4.78 is 0. The molecule has 0 saturated carbocycles. The van der Waals surface area contributed by atoms with Gasteiger partial charge in [-0.05, 0) is 60.8 Å². The fraction of sp³-hybridized carbons (Fsp3) is 0.118. The molecule has 1 nitrogen and oxygen atoms in total. The Bertz CT molecular complexity index is 1560. The first kappa shape index (κ1) is 21.7. The highest BCUT2D eigenvalue weighted by Gasteiger charge is 2.26. The molecule has 0 spiro atoms. The summed E-state index contributed by atoms with van der Waals surface area (Å²) in [5.41, 5.74) is 5.68. The van der Waals surface area contributed by atoms with Crippen LogP contribution in [0.3, 0.4) is 0 Å². The Hall–Kier alpha value is -3.59. The Balaban J connectivity index is 1.31. The third kappa shape index (κ3) is 3.87. The standard InChI is InChI=1S/C34H27NS/c1-2-12-29(13-3-1)36-32-16-8-11-26(32)21-35-22-27-19-17-24-9-4-6-14-30(24)33(27)34-28(23-35)20-18-25-10-5-7-15-31(25)34/h1-20,26H,21-23H2. The predicted octanol–water partition coefficient (Wildman–Crippen LogP) is 8.84. The molecular weight excluding hydrogens is 454 g/mol. The van der Waals surface area contributed by atoms with Gasteiger partial charge >= 0.3 is 0 Å². The normalized spacial score (nSPS) is 17.1. The Labute approximate surface area is 216 Å². The predicted molar refractivity (Wildman–Crippen MR) is 154 cm³/mol. The zero-order valence-corrected chi connectivity index (χ0v) is 20.9. The van der Waals surface area contributed by atoms with Gasteiger partial charge in [-0.2, -0.15) is 0 Å². The Morgan fingerprint density at radius 1 is 0.639 bits per heavy atom. The first-order valence-corrected chi connectivity index (χ1v) is 13.5. The fourth-order valence-corrected chi connectivity index (χ4v) is 6.84. The molecule has 1 aliphatic heterocycles. The molecule has 0 radical (unpaired) electrons. The summed E-state index contributed by atoms with van der Waals surface area (Å²) >= 11 is 1.90. The van der Waals surface area contributed by atoms with E-state index >= 15 is 0 Å². The van der Waals surface area contributed by atoms with Crippen LogP contribution in [0.15, 0.2) is 131 Å². The highest BCUT2D eigenvalue weighted by atomic mass is 32.2. The number of thioether (sulfide) groups is 1. The summed E-state index contributed by atoms with van der Waals surface area (Å²) in [6, 6.07) is 37.8. The van der Waals surface area contributed by atoms with Gasteiger partial charge in [0, 0.05) is 30.4 Å². The highest BCUT2D eigenvalue weighted by Crippen LogP contribution is 2.43. The van der Waals surface area contributed by atoms with Crippen LogP contribution in [0, 0.1) is 5.92 Å². The van der Waals surface area contributed by atoms with Crippen molar-refractivity contribution in [3.05, 3.63) is 137 Å². The van der Waals surface area contributed by atoms with Gasteiger partial charge in [0.2, 0.25) is 0 Å². The number of hydrogen-bond acceptors (Lipinski definition) is 2. The van der Waals surface area contributed by atoms with Gasteiger partial charge in [0.1, 0.15) is 0 Å². The van der Waals surface area contributed by atoms with Crippen molar-refractivity contribution in [2.75, 3.05) is 6.54 Å². The first-order chi connectivity index (χ1) is 17.8. The third-order valence-electron chi connectivity index (χ3n) is 7.47. The molecule has 1 aliphatic carbocycles. The van der Waals surface area contributed by atoms with Gasteiger partial charge in [0.05, 0.1) is 0 Å². The van der Waals surface area contributed by atoms with Crippen LogP contribution in [0.25, 0.3) is 32.7 Å². The second kappa shape index (κ2) is 9.13. The van der Waals surface area contributed by atoms with Gasteiger partial charge in [-0.1, -0.05) is 121 Å². The SMILES string of the molecule is C1=CC(CN2Cc3ccc4ccccc4c3-c3c(ccc4ccccc34)C2)C(Sc2ccccc2)=C1. The van der Waals surface area contributed by atoms with Crippen LogP contribution in [0.2, 0.25) is 0 Å². The van der Waals surface area contributed by atoms with Gasteiger partial charge in [0.25, 0.3) is 0 Å². The van der Waals surface area contributed by atoms with Gasteiger partial charge in [-0.25, -0.2) is 0 Å². The molecule has 1 heterocycles. The molecule has 0 saturated heterocycles. The summed E-state index contributed by atoms with van der Waals surface area (Å²) in [7, 11) is 0. The van der Waals surface area contributed by atoms with E-state index in [9.17, 15) is 0 Å². The highest BCUT2D eigenvalue weighted by molar-refractivity contribution is 8.03. The van der Waals surface area contributed by atoms with E-state index in [4.69, 9.17) is 0 Å². The van der Waals surface area contributed by atoms with Crippen molar-refractivity contribution in [2.24, 2.45) is 5.92 Å². The van der Waals surface area contributed by atoms with Crippen molar-refractivity contribution in [1.82, 2.24) is 4.90 Å². The Kier molecular flexibility index (Phi) is 5.50. The van der Waals surface area contributed by atoms with E-state index in [2.05, 4.69) is 126 Å². The molecule has 2 aliphatic rings. The molecular formula is C34H27NS. The van der Waals surface area contributed by atoms with Crippen molar-refractivity contribution >= 4 is 33.3 Å². The summed E-state index contributed by atoms with van der Waals surface area (Å²) in [6.45, 7) is 2.92. The minimum absolute atomic E-state index is 0.418. The Morgan fingerprint density at radius 2 is 1.22 bits per heavy atom. The number of allylic oxidation sites excluding steroid dienone is 2. The lowest BCUT2D eigenvalue weighted by Crippen LogP contribution is -2.27. The van der Waals surface area contributed by atoms with Crippen LogP contribution in [-0.4, -0.2) is 11.4 Å². The molecule has 0 N–H and O–H groups in total. The van der Waals surface area contributed by atoms with Gasteiger partial charge in [0.15, 0.2) is 0 Å². The number of nitrogens with zero attached hydrogens (tertiary/aromatic N) is 1. The topological polar surface area (TPSA) is 3.24 Å². The minimum atomic E-state index is 0.418. The molecule has 36 heavy (non-hydrogen) atoms. The fourth-order valence-electron chi connectivity index (χ4n) is 5.82. The van der Waals surface area contributed by atoms with Crippen molar-refractivity contribution in [3.63, 3.8) is 0 Å². The number of hydrogen-bond donors (Lipinski definition) is 0. The lowest BCUT2D eigenvalue weighted by Gasteiger charge is -2.25. The zero-order valence-electron chi connectivity index (χ0n) is 20.1. The summed E-state index contributed by atoms with van der Waals surface area (Å²) in [6.07, 6.45) is 6.90. The van der Waals surface area contributed by atoms with E-state index in [1.54, 1.807) is 0 Å². The number of rotatable bonds is 4. The molecule has 174 valence electrons. The molecule has 1 unspecified atom stereocenters. The van der Waals surface area contributed by atoms with Gasteiger partial charge in [-0.15, -0.1) is 0 Å². The maximum atomic E-state index is 2.65. The van der Waals surface area contributed by atoms with E-state index in [1.807, 2.05) is 11.8 Å². The van der Waals surface area contributed by atoms with Crippen LogP contribution < -0.4 is 0 Å². The van der Waals surface area contributed by atoms with Crippen molar-refractivity contribution in [1.29, 1.82) is 0 Å². The van der Waals surface area contributed by atoms with Crippen molar-refractivity contribution in [2.45, 2.75) is 18.0 Å². The molecule has 0 bridgehead atoms. The molecule has 0 fully saturated rings. The molecule has 2 heteroatoms. The van der Waals surface area contributed by atoms with Crippen LogP contribution >= 0.6 is 11.8 Å². The average molecular weight is 482 g/mol. The first-order valence-electron chi connectivity index (χ1n) is 12.7. The van der Waals surface area contributed by atoms with Crippen molar-refractivity contribution < 1.29 is 0 Å². The molecule has 5 aromatic rings. The van der Waals surface area contributed by atoms with Crippen LogP contribution in [0.1, 0.15) is 11.1 Å². The average Bonchev–Trinajstić information content (AvgIpc) is 3.27. The van der Waals surface area contributed by atoms with Crippen LogP contribution in [0.5, 0.6) is 0 Å². The molecule has 0 amide bonds. The molecule has 1 atom stereocenters. The summed E-state index contributed by atoms with van der Waals surface area (Å²) in [5, 5.41) is 5.34. The van der Waals surface area contributed by atoms with Crippen LogP contribution in [0.4, 0.5) is 0 Å². The zero-order chi connectivity index (χ0) is 23.9. The maximum Gasteiger partial charge on any atom is 0.0244 e. The third-order valence-corrected chi connectivity index (χ3v) is 8.65. The second-order valence-corrected chi connectivity index (χ2v) is 10.9. The van der Waals surface area contributed by atoms with E-state index < -0.39 is 0 Å². The molecule has 5 aromatic carbocycles. The lowest BCUT2D eigenvalue weighted by molar-refractivity contribution is 0.246. The maximum absolute atomic E-state index is 2.65. The van der Waals surface area contributed by atoms with E-state index in [1.165, 1.54) is 53.6 Å². The van der Waals surface area contributed by atoms with Gasteiger partial charge < -0.3 is 0 Å². The molecule has 7 rings (SSSR count). The monoisotopic (exact) mass is 481 g/mol. The largest absolute Gasteiger partial charge is 0.294 e. The second-order valence-electron chi connectivity index (χ2n) is 9.79. The Morgan fingerprint density at radius 3 is 1.86 bits per heavy atom. The number of benzene rings is 5. The lowest BCUT2D eigenvalue weighted by atomic mass is 9.88. The smallest absolute Gasteiger partial charge is 0.0244 e. The minimum Gasteiger partial charge on any atom is -0.294 e. The van der Waals surface area contributed by atoms with E-state index in [0.717, 1.165) is 19.6 Å². The van der Waals surface area contributed by atoms with E-state index in [0.29, 0.717) is 5.92 Å². The summed E-state index contributed by atoms with van der Waals surface area (Å²) in [5.74, 6) is 0.418. The van der Waals surface area contributed by atoms with Gasteiger partial charge in [-0.3, -0.25) is 4.90 Å². The van der Waals surface area contributed by atoms with Crippen molar-refractivity contribution in [3.8, 4) is 11.1 Å². The molecule has 0 aromatic heterocycles. The number of fused-ring (bicyclic) bond motifs is 7.